The van der Waals surface area contributed by atoms with Crippen LogP contribution in [0, 0.1) is 0 Å². The summed E-state index contributed by atoms with van der Waals surface area (Å²) in [5.41, 5.74) is 1.54. The summed E-state index contributed by atoms with van der Waals surface area (Å²) in [5.74, 6) is 1.76. The molecule has 0 spiro atoms. The van der Waals surface area contributed by atoms with E-state index < -0.39 is 0 Å². The van der Waals surface area contributed by atoms with E-state index in [9.17, 15) is 4.79 Å². The topological polar surface area (TPSA) is 70.1 Å². The number of carbonyl (C=O) groups is 1. The summed E-state index contributed by atoms with van der Waals surface area (Å²) in [7, 11) is 3.24. The van der Waals surface area contributed by atoms with E-state index in [2.05, 4.69) is 4.98 Å². The number of amides is 1. The van der Waals surface area contributed by atoms with Crippen LogP contribution in [0.4, 0.5) is 0 Å². The number of ether oxygens (including phenoxy) is 4. The highest BCUT2D eigenvalue weighted by Crippen LogP contribution is 2.40. The molecule has 1 unspecified atom stereocenters. The number of benzene rings is 1. The zero-order valence-electron chi connectivity index (χ0n) is 18.9. The van der Waals surface area contributed by atoms with Gasteiger partial charge in [0.1, 0.15) is 6.61 Å². The quantitative estimate of drug-likeness (QED) is 0.581. The predicted molar refractivity (Wildman–Crippen MR) is 120 cm³/mol. The third kappa shape index (κ3) is 5.15. The van der Waals surface area contributed by atoms with Crippen molar-refractivity contribution in [3.8, 4) is 17.2 Å². The molecule has 1 aliphatic carbocycles. The van der Waals surface area contributed by atoms with Crippen molar-refractivity contribution in [1.82, 2.24) is 9.88 Å². The summed E-state index contributed by atoms with van der Waals surface area (Å²) in [6, 6.07) is 7.71. The first kappa shape index (κ1) is 22.4. The number of hydrogen-bond donors (Lipinski definition) is 0. The second-order valence-corrected chi connectivity index (χ2v) is 8.39. The van der Waals surface area contributed by atoms with Crippen molar-refractivity contribution in [3.63, 3.8) is 0 Å². The van der Waals surface area contributed by atoms with Crippen LogP contribution >= 0.6 is 0 Å². The molecular weight excluding hydrogens is 408 g/mol. The third-order valence-corrected chi connectivity index (χ3v) is 6.25. The first-order chi connectivity index (χ1) is 15.7. The van der Waals surface area contributed by atoms with Crippen molar-refractivity contribution in [2.45, 2.75) is 57.2 Å². The van der Waals surface area contributed by atoms with Gasteiger partial charge < -0.3 is 23.8 Å². The number of methoxy groups -OCH3 is 2. The highest BCUT2D eigenvalue weighted by Gasteiger charge is 2.29. The smallest absolute Gasteiger partial charge is 0.255 e. The highest BCUT2D eigenvalue weighted by atomic mass is 16.6. The van der Waals surface area contributed by atoms with Gasteiger partial charge in [-0.2, -0.15) is 0 Å². The Bertz CT molecular complexity index is 867. The normalized spacial score (nSPS) is 18.5. The van der Waals surface area contributed by atoms with Crippen molar-refractivity contribution in [1.29, 1.82) is 0 Å². The molecule has 1 aromatic heterocycles. The summed E-state index contributed by atoms with van der Waals surface area (Å²) in [6.45, 7) is 1.71. The van der Waals surface area contributed by atoms with Crippen LogP contribution in [0.5, 0.6) is 17.2 Å². The van der Waals surface area contributed by atoms with Crippen LogP contribution in [-0.4, -0.2) is 55.4 Å². The summed E-state index contributed by atoms with van der Waals surface area (Å²) >= 11 is 0. The monoisotopic (exact) mass is 440 g/mol. The first-order valence-electron chi connectivity index (χ1n) is 11.4. The number of pyridine rings is 1. The van der Waals surface area contributed by atoms with Crippen molar-refractivity contribution in [2.24, 2.45) is 0 Å². The zero-order valence-corrected chi connectivity index (χ0v) is 18.9. The second kappa shape index (κ2) is 10.7. The fourth-order valence-corrected chi connectivity index (χ4v) is 4.55. The average molecular weight is 441 g/mol. The molecule has 1 atom stereocenters. The van der Waals surface area contributed by atoms with Gasteiger partial charge in [-0.25, -0.2) is 0 Å². The van der Waals surface area contributed by atoms with Crippen molar-refractivity contribution < 1.29 is 23.7 Å². The molecule has 0 bridgehead atoms. The number of carbonyl (C=O) groups excluding carboxylic acids is 1. The molecule has 32 heavy (non-hydrogen) atoms. The number of aromatic nitrogens is 1. The SMILES string of the molecule is COc1cc(CN(C(=O)c2cccnc2)C2CCCC2)cc(OC)c1OCC1CCCO1. The molecular formula is C25H32N2O5. The summed E-state index contributed by atoms with van der Waals surface area (Å²) in [4.78, 5) is 19.4. The van der Waals surface area contributed by atoms with Crippen molar-refractivity contribution >= 4 is 5.91 Å². The Morgan fingerprint density at radius 2 is 1.88 bits per heavy atom. The van der Waals surface area contributed by atoms with Gasteiger partial charge in [0.2, 0.25) is 5.75 Å². The Labute approximate surface area is 189 Å². The standard InChI is InChI=1S/C25H32N2O5/c1-29-22-13-18(14-23(30-2)24(22)32-17-21-10-6-12-31-21)16-27(20-8-3-4-9-20)25(28)19-7-5-11-26-15-19/h5,7,11,13-15,20-21H,3-4,6,8-10,12,16-17H2,1-2H3. The number of nitrogens with zero attached hydrogens (tertiary/aromatic N) is 2. The lowest BCUT2D eigenvalue weighted by molar-refractivity contribution is 0.0651. The maximum atomic E-state index is 13.3. The van der Waals surface area contributed by atoms with Crippen LogP contribution in [0.3, 0.4) is 0 Å². The maximum absolute atomic E-state index is 13.3. The van der Waals surface area contributed by atoms with Crippen molar-refractivity contribution in [3.05, 3.63) is 47.8 Å². The van der Waals surface area contributed by atoms with Crippen LogP contribution < -0.4 is 14.2 Å². The molecule has 2 fully saturated rings. The molecule has 172 valence electrons. The van der Waals surface area contributed by atoms with Gasteiger partial charge in [0.05, 0.1) is 25.9 Å². The molecule has 2 heterocycles. The van der Waals surface area contributed by atoms with E-state index >= 15 is 0 Å². The Hall–Kier alpha value is -2.80. The van der Waals surface area contributed by atoms with E-state index in [1.807, 2.05) is 23.1 Å². The minimum Gasteiger partial charge on any atom is -0.493 e. The van der Waals surface area contributed by atoms with Gasteiger partial charge in [0.15, 0.2) is 11.5 Å². The fraction of sp³-hybridized carbons (Fsp3) is 0.520. The Morgan fingerprint density at radius 1 is 1.12 bits per heavy atom. The van der Waals surface area contributed by atoms with E-state index in [1.54, 1.807) is 32.7 Å². The van der Waals surface area contributed by atoms with Gasteiger partial charge in [-0.05, 0) is 55.5 Å². The summed E-state index contributed by atoms with van der Waals surface area (Å²) in [6.07, 6.45) is 9.78. The highest BCUT2D eigenvalue weighted by molar-refractivity contribution is 5.94. The molecule has 1 aliphatic heterocycles. The van der Waals surface area contributed by atoms with Gasteiger partial charge >= 0.3 is 0 Å². The van der Waals surface area contributed by atoms with E-state index in [-0.39, 0.29) is 18.1 Å². The number of hydrogen-bond acceptors (Lipinski definition) is 6. The van der Waals surface area contributed by atoms with Crippen LogP contribution in [0.25, 0.3) is 0 Å². The van der Waals surface area contributed by atoms with Crippen LogP contribution in [0.2, 0.25) is 0 Å². The summed E-state index contributed by atoms with van der Waals surface area (Å²) < 4.78 is 23.0. The Kier molecular flexibility index (Phi) is 7.47. The van der Waals surface area contributed by atoms with Gasteiger partial charge in [0.25, 0.3) is 5.91 Å². The average Bonchev–Trinajstić information content (AvgIpc) is 3.55. The predicted octanol–water partition coefficient (Wildman–Crippen LogP) is 4.24. The minimum absolute atomic E-state index is 0.00152. The van der Waals surface area contributed by atoms with Crippen LogP contribution in [-0.2, 0) is 11.3 Å². The van der Waals surface area contributed by atoms with E-state index in [4.69, 9.17) is 18.9 Å². The lowest BCUT2D eigenvalue weighted by Crippen LogP contribution is -2.38. The molecule has 1 saturated carbocycles. The van der Waals surface area contributed by atoms with Gasteiger partial charge in [-0.15, -0.1) is 0 Å². The molecule has 7 nitrogen and oxygen atoms in total. The van der Waals surface area contributed by atoms with E-state index in [0.29, 0.717) is 36.0 Å². The molecule has 2 aliphatic rings. The largest absolute Gasteiger partial charge is 0.493 e. The molecule has 7 heteroatoms. The van der Waals surface area contributed by atoms with Gasteiger partial charge in [-0.1, -0.05) is 12.8 Å². The molecule has 0 N–H and O–H groups in total. The third-order valence-electron chi connectivity index (χ3n) is 6.25. The maximum Gasteiger partial charge on any atom is 0.255 e. The van der Waals surface area contributed by atoms with Gasteiger partial charge in [-0.3, -0.25) is 9.78 Å². The van der Waals surface area contributed by atoms with Crippen LogP contribution in [0.15, 0.2) is 36.7 Å². The summed E-state index contributed by atoms with van der Waals surface area (Å²) in [5, 5.41) is 0. The second-order valence-electron chi connectivity index (χ2n) is 8.39. The Morgan fingerprint density at radius 3 is 2.47 bits per heavy atom. The van der Waals surface area contributed by atoms with E-state index in [0.717, 1.165) is 50.7 Å². The lowest BCUT2D eigenvalue weighted by Gasteiger charge is -2.29. The van der Waals surface area contributed by atoms with Crippen molar-refractivity contribution in [2.75, 3.05) is 27.4 Å². The van der Waals surface area contributed by atoms with Gasteiger partial charge in [0, 0.05) is 31.6 Å². The molecule has 1 amide bonds. The van der Waals surface area contributed by atoms with Crippen LogP contribution in [0.1, 0.15) is 54.4 Å². The lowest BCUT2D eigenvalue weighted by atomic mass is 10.1. The molecule has 1 saturated heterocycles. The Balaban J connectivity index is 1.58. The van der Waals surface area contributed by atoms with E-state index in [1.165, 1.54) is 0 Å². The fourth-order valence-electron chi connectivity index (χ4n) is 4.55. The molecule has 2 aromatic rings. The minimum atomic E-state index is 0.00152. The number of rotatable bonds is 9. The molecule has 4 rings (SSSR count). The first-order valence-corrected chi connectivity index (χ1v) is 11.4. The molecule has 1 aromatic carbocycles. The zero-order chi connectivity index (χ0) is 22.3. The molecule has 0 radical (unpaired) electrons.